The molecule has 2 heterocycles. The molecule has 3 heteroatoms. The summed E-state index contributed by atoms with van der Waals surface area (Å²) in [6, 6.07) is 9.07. The first-order chi connectivity index (χ1) is 8.36. The van der Waals surface area contributed by atoms with E-state index < -0.39 is 0 Å². The quantitative estimate of drug-likeness (QED) is 0.726. The Morgan fingerprint density at radius 3 is 2.76 bits per heavy atom. The Hall–Kier alpha value is -1.64. The zero-order valence-corrected chi connectivity index (χ0v) is 9.69. The number of aromatic nitrogens is 1. The number of nitrogens with zero attached hydrogens (tertiary/aromatic N) is 1. The molecule has 0 radical (unpaired) electrons. The monoisotopic (exact) mass is 228 g/mol. The van der Waals surface area contributed by atoms with Crippen molar-refractivity contribution in [3.8, 4) is 5.88 Å². The minimum absolute atomic E-state index is 0.442. The first-order valence-electron chi connectivity index (χ1n) is 6.44. The third-order valence-corrected chi connectivity index (χ3v) is 4.28. The zero-order valence-electron chi connectivity index (χ0n) is 9.69. The highest BCUT2D eigenvalue weighted by molar-refractivity contribution is 5.98. The van der Waals surface area contributed by atoms with Gasteiger partial charge in [-0.25, -0.2) is 0 Å². The van der Waals surface area contributed by atoms with E-state index in [1.807, 2.05) is 18.2 Å². The summed E-state index contributed by atoms with van der Waals surface area (Å²) in [7, 11) is 0. The lowest BCUT2D eigenvalue weighted by Crippen LogP contribution is -2.26. The van der Waals surface area contributed by atoms with Gasteiger partial charge in [0.1, 0.15) is 5.82 Å². The summed E-state index contributed by atoms with van der Waals surface area (Å²) >= 11 is 0. The van der Waals surface area contributed by atoms with Crippen molar-refractivity contribution in [3.63, 3.8) is 0 Å². The van der Waals surface area contributed by atoms with Crippen molar-refractivity contribution < 1.29 is 5.11 Å². The molecular weight excluding hydrogens is 212 g/mol. The molecule has 2 aliphatic rings. The summed E-state index contributed by atoms with van der Waals surface area (Å²) in [6.07, 6.45) is 4.98. The maximum atomic E-state index is 10.4. The third-order valence-electron chi connectivity index (χ3n) is 4.28. The van der Waals surface area contributed by atoms with Gasteiger partial charge < -0.3 is 10.4 Å². The second-order valence-corrected chi connectivity index (χ2v) is 5.19. The van der Waals surface area contributed by atoms with Gasteiger partial charge in [-0.3, -0.25) is 4.57 Å². The molecule has 1 aromatic heterocycles. The Labute approximate surface area is 100 Å². The van der Waals surface area contributed by atoms with Crippen LogP contribution in [0.4, 0.5) is 5.82 Å². The van der Waals surface area contributed by atoms with Crippen molar-refractivity contribution in [3.05, 3.63) is 24.3 Å². The molecular formula is C14H16N2O. The summed E-state index contributed by atoms with van der Waals surface area (Å²) in [5, 5.41) is 16.1. The topological polar surface area (TPSA) is 37.2 Å². The smallest absolute Gasteiger partial charge is 0.201 e. The lowest BCUT2D eigenvalue weighted by atomic mass is 9.91. The number of rotatable bonds is 0. The van der Waals surface area contributed by atoms with Gasteiger partial charge in [-0.2, -0.15) is 0 Å². The Bertz CT molecular complexity index is 587. The number of nitrogens with one attached hydrogen (secondary N) is 1. The first kappa shape index (κ1) is 9.40. The van der Waals surface area contributed by atoms with Gasteiger partial charge in [0.15, 0.2) is 0 Å². The molecule has 0 bridgehead atoms. The predicted molar refractivity (Wildman–Crippen MR) is 68.5 cm³/mol. The van der Waals surface area contributed by atoms with E-state index >= 15 is 0 Å². The number of fused-ring (bicyclic) bond motifs is 5. The molecule has 4 rings (SSSR count). The molecule has 1 saturated carbocycles. The molecule has 0 spiro atoms. The van der Waals surface area contributed by atoms with E-state index in [9.17, 15) is 5.11 Å². The molecule has 88 valence electrons. The lowest BCUT2D eigenvalue weighted by Gasteiger charge is -2.26. The molecule has 1 aliphatic heterocycles. The van der Waals surface area contributed by atoms with Crippen LogP contribution in [0.3, 0.4) is 0 Å². The molecule has 0 amide bonds. The van der Waals surface area contributed by atoms with Crippen LogP contribution in [0.25, 0.3) is 10.8 Å². The molecule has 2 unspecified atom stereocenters. The van der Waals surface area contributed by atoms with E-state index in [1.165, 1.54) is 25.7 Å². The van der Waals surface area contributed by atoms with Crippen LogP contribution in [0.2, 0.25) is 0 Å². The predicted octanol–water partition coefficient (Wildman–Crippen LogP) is 3.26. The summed E-state index contributed by atoms with van der Waals surface area (Å²) in [6.45, 7) is 0. The van der Waals surface area contributed by atoms with Gasteiger partial charge in [-0.15, -0.1) is 0 Å². The summed E-state index contributed by atoms with van der Waals surface area (Å²) in [5.74, 6) is 1.56. The molecule has 1 fully saturated rings. The van der Waals surface area contributed by atoms with Crippen molar-refractivity contribution in [1.29, 1.82) is 0 Å². The molecule has 2 N–H and O–H groups in total. The largest absolute Gasteiger partial charge is 0.494 e. The Kier molecular flexibility index (Phi) is 1.76. The molecule has 3 nitrogen and oxygen atoms in total. The summed E-state index contributed by atoms with van der Waals surface area (Å²) < 4.78 is 2.12. The Morgan fingerprint density at radius 1 is 1.12 bits per heavy atom. The normalized spacial score (nSPS) is 26.6. The van der Waals surface area contributed by atoms with Crippen LogP contribution in [-0.2, 0) is 0 Å². The third kappa shape index (κ3) is 1.11. The summed E-state index contributed by atoms with van der Waals surface area (Å²) in [5.41, 5.74) is 0. The second-order valence-electron chi connectivity index (χ2n) is 5.19. The van der Waals surface area contributed by atoms with Gasteiger partial charge in [-0.05, 0) is 18.9 Å². The second kappa shape index (κ2) is 3.19. The molecule has 0 saturated heterocycles. The SMILES string of the molecule is Oc1c2ccccc2c2n1C1CCCCC1N2. The Balaban J connectivity index is 1.97. The highest BCUT2D eigenvalue weighted by Crippen LogP contribution is 2.47. The highest BCUT2D eigenvalue weighted by Gasteiger charge is 2.37. The van der Waals surface area contributed by atoms with Gasteiger partial charge in [0.05, 0.1) is 6.04 Å². The van der Waals surface area contributed by atoms with Crippen molar-refractivity contribution in [1.82, 2.24) is 4.57 Å². The van der Waals surface area contributed by atoms with Crippen LogP contribution in [0.15, 0.2) is 24.3 Å². The van der Waals surface area contributed by atoms with Crippen LogP contribution in [-0.4, -0.2) is 15.7 Å². The van der Waals surface area contributed by atoms with Gasteiger partial charge in [0.25, 0.3) is 0 Å². The van der Waals surface area contributed by atoms with E-state index in [-0.39, 0.29) is 0 Å². The van der Waals surface area contributed by atoms with Crippen LogP contribution in [0, 0.1) is 0 Å². The fraction of sp³-hybridized carbons (Fsp3) is 0.429. The van der Waals surface area contributed by atoms with Crippen LogP contribution < -0.4 is 5.32 Å². The van der Waals surface area contributed by atoms with Crippen LogP contribution in [0.1, 0.15) is 31.7 Å². The van der Waals surface area contributed by atoms with Gasteiger partial charge in [-0.1, -0.05) is 31.0 Å². The van der Waals surface area contributed by atoms with Crippen LogP contribution in [0.5, 0.6) is 5.88 Å². The number of hydrogen-bond acceptors (Lipinski definition) is 2. The lowest BCUT2D eigenvalue weighted by molar-refractivity contribution is 0.321. The number of anilines is 1. The van der Waals surface area contributed by atoms with Crippen molar-refractivity contribution in [2.75, 3.05) is 5.32 Å². The first-order valence-corrected chi connectivity index (χ1v) is 6.44. The van der Waals surface area contributed by atoms with Gasteiger partial charge in [0.2, 0.25) is 5.88 Å². The average molecular weight is 228 g/mol. The van der Waals surface area contributed by atoms with E-state index in [0.29, 0.717) is 18.0 Å². The molecule has 1 aliphatic carbocycles. The number of hydrogen-bond donors (Lipinski definition) is 2. The number of aromatic hydroxyl groups is 1. The van der Waals surface area contributed by atoms with E-state index in [2.05, 4.69) is 16.0 Å². The molecule has 2 aromatic rings. The van der Waals surface area contributed by atoms with E-state index in [0.717, 1.165) is 16.6 Å². The minimum atomic E-state index is 0.442. The molecule has 17 heavy (non-hydrogen) atoms. The minimum Gasteiger partial charge on any atom is -0.494 e. The fourth-order valence-corrected chi connectivity index (χ4v) is 3.48. The summed E-state index contributed by atoms with van der Waals surface area (Å²) in [4.78, 5) is 0. The standard InChI is InChI=1S/C14H16N2O/c17-14-10-6-2-1-5-9(10)13-15-11-7-3-4-8-12(11)16(13)14/h1-2,5-6,11-12,15,17H,3-4,7-8H2. The van der Waals surface area contributed by atoms with Gasteiger partial charge in [0, 0.05) is 16.8 Å². The van der Waals surface area contributed by atoms with Crippen molar-refractivity contribution >= 4 is 16.6 Å². The molecule has 1 aromatic carbocycles. The maximum Gasteiger partial charge on any atom is 0.201 e. The van der Waals surface area contributed by atoms with E-state index in [4.69, 9.17) is 0 Å². The average Bonchev–Trinajstić information content (AvgIpc) is 2.88. The van der Waals surface area contributed by atoms with Crippen LogP contribution >= 0.6 is 0 Å². The zero-order chi connectivity index (χ0) is 11.4. The molecule has 2 atom stereocenters. The van der Waals surface area contributed by atoms with Crippen molar-refractivity contribution in [2.24, 2.45) is 0 Å². The van der Waals surface area contributed by atoms with E-state index in [1.54, 1.807) is 0 Å². The Morgan fingerprint density at radius 2 is 1.88 bits per heavy atom. The number of benzene rings is 1. The maximum absolute atomic E-state index is 10.4. The fourth-order valence-electron chi connectivity index (χ4n) is 3.48. The van der Waals surface area contributed by atoms with Crippen molar-refractivity contribution in [2.45, 2.75) is 37.8 Å². The van der Waals surface area contributed by atoms with Gasteiger partial charge >= 0.3 is 0 Å². The highest BCUT2D eigenvalue weighted by atomic mass is 16.3.